The minimum Gasteiger partial charge on any atom is -0.374 e. The van der Waals surface area contributed by atoms with E-state index in [1.807, 2.05) is 27.7 Å². The Bertz CT molecular complexity index is 607. The van der Waals surface area contributed by atoms with Crippen molar-refractivity contribution in [2.24, 2.45) is 5.84 Å². The number of aromatic nitrogens is 4. The molecule has 2 heterocycles. The first kappa shape index (κ1) is 14.4. The summed E-state index contributed by atoms with van der Waals surface area (Å²) in [5.74, 6) is 7.24. The Morgan fingerprint density at radius 3 is 2.60 bits per heavy atom. The molecule has 0 saturated heterocycles. The molecule has 0 bridgehead atoms. The molecule has 2 aromatic rings. The molecule has 2 aromatic heterocycles. The van der Waals surface area contributed by atoms with Crippen molar-refractivity contribution in [3.05, 3.63) is 28.8 Å². The van der Waals surface area contributed by atoms with E-state index in [0.717, 1.165) is 17.0 Å². The van der Waals surface area contributed by atoms with E-state index in [1.165, 1.54) is 0 Å². The molecule has 0 saturated carbocycles. The minimum absolute atomic E-state index is 0.345. The van der Waals surface area contributed by atoms with E-state index in [-0.39, 0.29) is 0 Å². The third kappa shape index (κ3) is 2.78. The molecule has 7 nitrogen and oxygen atoms in total. The number of rotatable bonds is 5. The van der Waals surface area contributed by atoms with Crippen molar-refractivity contribution < 1.29 is 4.74 Å². The third-order valence-corrected chi connectivity index (χ3v) is 3.21. The van der Waals surface area contributed by atoms with E-state index in [9.17, 15) is 0 Å². The van der Waals surface area contributed by atoms with Crippen LogP contribution in [-0.4, -0.2) is 26.4 Å². The molecule has 0 aliphatic rings. The monoisotopic (exact) mass is 276 g/mol. The van der Waals surface area contributed by atoms with Gasteiger partial charge in [-0.3, -0.25) is 0 Å². The molecule has 108 valence electrons. The van der Waals surface area contributed by atoms with Crippen molar-refractivity contribution in [1.82, 2.24) is 19.7 Å². The van der Waals surface area contributed by atoms with Gasteiger partial charge in [0.15, 0.2) is 11.6 Å². The lowest BCUT2D eigenvalue weighted by Crippen LogP contribution is -2.14. The Morgan fingerprint density at radius 1 is 1.30 bits per heavy atom. The lowest BCUT2D eigenvalue weighted by atomic mass is 10.2. The Hall–Kier alpha value is -1.99. The number of hydrazine groups is 1. The average Bonchev–Trinajstić information content (AvgIpc) is 2.72. The highest BCUT2D eigenvalue weighted by molar-refractivity contribution is 5.42. The first-order valence-corrected chi connectivity index (χ1v) is 6.52. The molecule has 0 unspecified atom stereocenters. The van der Waals surface area contributed by atoms with E-state index in [1.54, 1.807) is 10.7 Å². The molecule has 0 fully saturated rings. The normalized spacial score (nSPS) is 10.8. The van der Waals surface area contributed by atoms with Crippen LogP contribution in [-0.2, 0) is 11.3 Å². The topological polar surface area (TPSA) is 90.9 Å². The number of aryl methyl sites for hydroxylation is 1. The van der Waals surface area contributed by atoms with Crippen LogP contribution in [0, 0.1) is 20.8 Å². The molecule has 7 heteroatoms. The minimum atomic E-state index is 0.345. The highest BCUT2D eigenvalue weighted by Gasteiger charge is 2.12. The van der Waals surface area contributed by atoms with Gasteiger partial charge in [-0.25, -0.2) is 20.5 Å². The van der Waals surface area contributed by atoms with Gasteiger partial charge in [0.1, 0.15) is 12.4 Å². The van der Waals surface area contributed by atoms with E-state index >= 15 is 0 Å². The van der Waals surface area contributed by atoms with Gasteiger partial charge in [-0.2, -0.15) is 5.10 Å². The molecular weight excluding hydrogens is 256 g/mol. The summed E-state index contributed by atoms with van der Waals surface area (Å²) >= 11 is 0. The zero-order valence-corrected chi connectivity index (χ0v) is 12.3. The Kier molecular flexibility index (Phi) is 4.31. The molecule has 20 heavy (non-hydrogen) atoms. The summed E-state index contributed by atoms with van der Waals surface area (Å²) in [6, 6.07) is 1.76. The fourth-order valence-corrected chi connectivity index (χ4v) is 1.87. The first-order chi connectivity index (χ1) is 9.56. The number of nitrogens with one attached hydrogen (secondary N) is 1. The number of anilines is 1. The standard InChI is InChI=1S/C13H20N6O/c1-5-20-7-12-15-11(17-14)6-13(16-12)19-10(4)8(2)9(3)18-19/h6H,5,7,14H2,1-4H3,(H,15,16,17). The van der Waals surface area contributed by atoms with Gasteiger partial charge >= 0.3 is 0 Å². The number of nitrogen functional groups attached to an aromatic ring is 1. The van der Waals surface area contributed by atoms with Crippen LogP contribution in [0.25, 0.3) is 5.82 Å². The van der Waals surface area contributed by atoms with Gasteiger partial charge in [-0.05, 0) is 33.3 Å². The van der Waals surface area contributed by atoms with Crippen LogP contribution < -0.4 is 11.3 Å². The Morgan fingerprint density at radius 2 is 2.05 bits per heavy atom. The molecular formula is C13H20N6O. The van der Waals surface area contributed by atoms with Crippen molar-refractivity contribution in [2.45, 2.75) is 34.3 Å². The molecule has 0 amide bonds. The molecule has 0 radical (unpaired) electrons. The van der Waals surface area contributed by atoms with Crippen LogP contribution in [0.15, 0.2) is 6.07 Å². The highest BCUT2D eigenvalue weighted by Crippen LogP contribution is 2.17. The zero-order valence-electron chi connectivity index (χ0n) is 12.3. The SMILES string of the molecule is CCOCc1nc(NN)cc(-n2nc(C)c(C)c2C)n1. The number of hydrogen-bond acceptors (Lipinski definition) is 6. The quantitative estimate of drug-likeness (QED) is 0.634. The zero-order chi connectivity index (χ0) is 14.7. The second-order valence-electron chi connectivity index (χ2n) is 4.52. The summed E-state index contributed by atoms with van der Waals surface area (Å²) in [5, 5.41) is 4.49. The third-order valence-electron chi connectivity index (χ3n) is 3.21. The predicted molar refractivity (Wildman–Crippen MR) is 76.5 cm³/mol. The van der Waals surface area contributed by atoms with Crippen molar-refractivity contribution in [3.8, 4) is 5.82 Å². The number of hydrogen-bond donors (Lipinski definition) is 2. The van der Waals surface area contributed by atoms with E-state index in [4.69, 9.17) is 10.6 Å². The lowest BCUT2D eigenvalue weighted by molar-refractivity contribution is 0.128. The van der Waals surface area contributed by atoms with E-state index < -0.39 is 0 Å². The molecule has 0 aromatic carbocycles. The summed E-state index contributed by atoms with van der Waals surface area (Å²) in [6.45, 7) is 8.91. The molecule has 2 rings (SSSR count). The maximum absolute atomic E-state index is 5.46. The van der Waals surface area contributed by atoms with Crippen molar-refractivity contribution in [2.75, 3.05) is 12.0 Å². The summed E-state index contributed by atoms with van der Waals surface area (Å²) in [7, 11) is 0. The lowest BCUT2D eigenvalue weighted by Gasteiger charge is -2.09. The number of nitrogens with two attached hydrogens (primary N) is 1. The fourth-order valence-electron chi connectivity index (χ4n) is 1.87. The van der Waals surface area contributed by atoms with Gasteiger partial charge in [-0.15, -0.1) is 0 Å². The van der Waals surface area contributed by atoms with Gasteiger partial charge < -0.3 is 10.2 Å². The summed E-state index contributed by atoms with van der Waals surface area (Å²) in [6.07, 6.45) is 0. The number of nitrogens with zero attached hydrogens (tertiary/aromatic N) is 4. The maximum Gasteiger partial charge on any atom is 0.159 e. The Balaban J connectivity index is 2.46. The van der Waals surface area contributed by atoms with Crippen LogP contribution in [0.5, 0.6) is 0 Å². The molecule has 0 spiro atoms. The second kappa shape index (κ2) is 5.98. The van der Waals surface area contributed by atoms with Crippen LogP contribution in [0.1, 0.15) is 29.7 Å². The van der Waals surface area contributed by atoms with Gasteiger partial charge in [0, 0.05) is 18.4 Å². The largest absolute Gasteiger partial charge is 0.374 e. The molecule has 3 N–H and O–H groups in total. The highest BCUT2D eigenvalue weighted by atomic mass is 16.5. The first-order valence-electron chi connectivity index (χ1n) is 6.52. The molecule has 0 aliphatic carbocycles. The smallest absolute Gasteiger partial charge is 0.159 e. The van der Waals surface area contributed by atoms with E-state index in [2.05, 4.69) is 20.5 Å². The van der Waals surface area contributed by atoms with Crippen molar-refractivity contribution >= 4 is 5.82 Å². The van der Waals surface area contributed by atoms with Crippen molar-refractivity contribution in [3.63, 3.8) is 0 Å². The maximum atomic E-state index is 5.46. The van der Waals surface area contributed by atoms with Gasteiger partial charge in [0.2, 0.25) is 0 Å². The molecule has 0 aliphatic heterocycles. The average molecular weight is 276 g/mol. The summed E-state index contributed by atoms with van der Waals surface area (Å²) in [4.78, 5) is 8.73. The van der Waals surface area contributed by atoms with Gasteiger partial charge in [0.05, 0.1) is 5.69 Å². The van der Waals surface area contributed by atoms with Crippen molar-refractivity contribution in [1.29, 1.82) is 0 Å². The van der Waals surface area contributed by atoms with Gasteiger partial charge in [0.25, 0.3) is 0 Å². The van der Waals surface area contributed by atoms with E-state index in [0.29, 0.717) is 30.7 Å². The molecule has 0 atom stereocenters. The van der Waals surface area contributed by atoms with Crippen LogP contribution in [0.4, 0.5) is 5.82 Å². The number of ether oxygens (including phenoxy) is 1. The Labute approximate surface area is 118 Å². The second-order valence-corrected chi connectivity index (χ2v) is 4.52. The van der Waals surface area contributed by atoms with Crippen LogP contribution >= 0.6 is 0 Å². The summed E-state index contributed by atoms with van der Waals surface area (Å²) in [5.41, 5.74) is 5.73. The summed E-state index contributed by atoms with van der Waals surface area (Å²) < 4.78 is 7.14. The van der Waals surface area contributed by atoms with Gasteiger partial charge in [-0.1, -0.05) is 0 Å². The van der Waals surface area contributed by atoms with Crippen LogP contribution in [0.3, 0.4) is 0 Å². The fraction of sp³-hybridized carbons (Fsp3) is 0.462. The predicted octanol–water partition coefficient (Wildman–Crippen LogP) is 1.41. The van der Waals surface area contributed by atoms with Crippen LogP contribution in [0.2, 0.25) is 0 Å².